The average molecular weight is 324 g/mol. The molecule has 0 saturated carbocycles. The standard InChI is InChI=1S/C13H14BrN3O2/c14-10-6-9(1-2-11(10)15)13-16-12(17-19-13)5-8-3-4-18-7-8/h1-2,6,8H,3-5,7,15H2. The molecule has 2 aromatic rings. The Morgan fingerprint density at radius 2 is 2.32 bits per heavy atom. The summed E-state index contributed by atoms with van der Waals surface area (Å²) < 4.78 is 11.5. The maximum atomic E-state index is 5.75. The van der Waals surface area contributed by atoms with Crippen molar-refractivity contribution in [2.24, 2.45) is 5.92 Å². The SMILES string of the molecule is Nc1ccc(-c2nc(CC3CCOC3)no2)cc1Br. The number of hydrogen-bond donors (Lipinski definition) is 1. The summed E-state index contributed by atoms with van der Waals surface area (Å²) in [4.78, 5) is 4.42. The van der Waals surface area contributed by atoms with Crippen molar-refractivity contribution in [3.05, 3.63) is 28.5 Å². The number of aromatic nitrogens is 2. The van der Waals surface area contributed by atoms with Crippen molar-refractivity contribution >= 4 is 21.6 Å². The van der Waals surface area contributed by atoms with Crippen LogP contribution in [-0.4, -0.2) is 23.4 Å². The zero-order valence-corrected chi connectivity index (χ0v) is 11.9. The van der Waals surface area contributed by atoms with E-state index in [4.69, 9.17) is 15.0 Å². The van der Waals surface area contributed by atoms with Gasteiger partial charge in [-0.15, -0.1) is 0 Å². The molecule has 3 rings (SSSR count). The van der Waals surface area contributed by atoms with Gasteiger partial charge >= 0.3 is 0 Å². The summed E-state index contributed by atoms with van der Waals surface area (Å²) in [7, 11) is 0. The number of nitrogens with zero attached hydrogens (tertiary/aromatic N) is 2. The van der Waals surface area contributed by atoms with E-state index in [0.29, 0.717) is 17.5 Å². The Bertz CT molecular complexity index is 579. The van der Waals surface area contributed by atoms with E-state index in [1.165, 1.54) is 0 Å². The van der Waals surface area contributed by atoms with Gasteiger partial charge in [-0.05, 0) is 46.5 Å². The molecule has 2 N–H and O–H groups in total. The zero-order chi connectivity index (χ0) is 13.2. The number of anilines is 1. The maximum Gasteiger partial charge on any atom is 0.257 e. The Morgan fingerprint density at radius 3 is 3.05 bits per heavy atom. The highest BCUT2D eigenvalue weighted by atomic mass is 79.9. The Hall–Kier alpha value is -1.40. The third-order valence-electron chi connectivity index (χ3n) is 3.21. The van der Waals surface area contributed by atoms with Gasteiger partial charge in [0.1, 0.15) is 0 Å². The molecule has 1 unspecified atom stereocenters. The Kier molecular flexibility index (Phi) is 3.52. The highest BCUT2D eigenvalue weighted by Gasteiger charge is 2.19. The molecule has 0 bridgehead atoms. The number of halogens is 1. The minimum Gasteiger partial charge on any atom is -0.398 e. The Labute approximate surface area is 119 Å². The van der Waals surface area contributed by atoms with Crippen LogP contribution in [0.25, 0.3) is 11.5 Å². The van der Waals surface area contributed by atoms with Crippen molar-refractivity contribution in [3.8, 4) is 11.5 Å². The van der Waals surface area contributed by atoms with E-state index in [0.717, 1.165) is 41.9 Å². The number of nitrogen functional groups attached to an aromatic ring is 1. The fourth-order valence-electron chi connectivity index (χ4n) is 2.12. The van der Waals surface area contributed by atoms with E-state index in [9.17, 15) is 0 Å². The second-order valence-corrected chi connectivity index (χ2v) is 5.54. The van der Waals surface area contributed by atoms with E-state index in [1.807, 2.05) is 18.2 Å². The molecule has 1 aromatic heterocycles. The lowest BCUT2D eigenvalue weighted by Crippen LogP contribution is -2.04. The molecule has 1 saturated heterocycles. The molecule has 1 atom stereocenters. The second-order valence-electron chi connectivity index (χ2n) is 4.69. The molecule has 6 heteroatoms. The van der Waals surface area contributed by atoms with Crippen LogP contribution in [0.2, 0.25) is 0 Å². The van der Waals surface area contributed by atoms with Crippen LogP contribution in [0.15, 0.2) is 27.2 Å². The molecule has 1 aliphatic rings. The smallest absolute Gasteiger partial charge is 0.257 e. The molecule has 2 heterocycles. The summed E-state index contributed by atoms with van der Waals surface area (Å²) in [6.07, 6.45) is 1.87. The Morgan fingerprint density at radius 1 is 1.42 bits per heavy atom. The summed E-state index contributed by atoms with van der Waals surface area (Å²) in [5.41, 5.74) is 7.30. The van der Waals surface area contributed by atoms with Crippen molar-refractivity contribution in [2.75, 3.05) is 18.9 Å². The van der Waals surface area contributed by atoms with Crippen LogP contribution in [0, 0.1) is 5.92 Å². The normalized spacial score (nSPS) is 18.9. The Balaban J connectivity index is 1.78. The largest absolute Gasteiger partial charge is 0.398 e. The first-order valence-electron chi connectivity index (χ1n) is 6.18. The summed E-state index contributed by atoms with van der Waals surface area (Å²) >= 11 is 3.39. The van der Waals surface area contributed by atoms with Crippen LogP contribution in [0.4, 0.5) is 5.69 Å². The van der Waals surface area contributed by atoms with E-state index >= 15 is 0 Å². The van der Waals surface area contributed by atoms with Gasteiger partial charge in [-0.2, -0.15) is 4.98 Å². The number of rotatable bonds is 3. The molecular weight excluding hydrogens is 310 g/mol. The molecule has 0 amide bonds. The third-order valence-corrected chi connectivity index (χ3v) is 3.90. The molecule has 1 aliphatic heterocycles. The number of nitrogens with two attached hydrogens (primary N) is 1. The highest BCUT2D eigenvalue weighted by molar-refractivity contribution is 9.10. The lowest BCUT2D eigenvalue weighted by atomic mass is 10.1. The lowest BCUT2D eigenvalue weighted by Gasteiger charge is -2.01. The number of hydrogen-bond acceptors (Lipinski definition) is 5. The van der Waals surface area contributed by atoms with Gasteiger partial charge in [-0.3, -0.25) is 0 Å². The van der Waals surface area contributed by atoms with Gasteiger partial charge in [0.05, 0.1) is 0 Å². The molecule has 1 fully saturated rings. The number of ether oxygens (including phenoxy) is 1. The molecule has 100 valence electrons. The molecule has 1 aromatic carbocycles. The minimum absolute atomic E-state index is 0.503. The fourth-order valence-corrected chi connectivity index (χ4v) is 2.50. The zero-order valence-electron chi connectivity index (χ0n) is 10.3. The highest BCUT2D eigenvalue weighted by Crippen LogP contribution is 2.27. The molecule has 0 spiro atoms. The molecular formula is C13H14BrN3O2. The van der Waals surface area contributed by atoms with Gasteiger partial charge in [-0.1, -0.05) is 5.16 Å². The second kappa shape index (κ2) is 5.30. The van der Waals surface area contributed by atoms with Crippen LogP contribution in [-0.2, 0) is 11.2 Å². The average Bonchev–Trinajstić information content (AvgIpc) is 3.05. The van der Waals surface area contributed by atoms with Gasteiger partial charge in [-0.25, -0.2) is 0 Å². The lowest BCUT2D eigenvalue weighted by molar-refractivity contribution is 0.185. The van der Waals surface area contributed by atoms with Crippen molar-refractivity contribution in [1.82, 2.24) is 10.1 Å². The van der Waals surface area contributed by atoms with Crippen molar-refractivity contribution in [1.29, 1.82) is 0 Å². The van der Waals surface area contributed by atoms with Crippen LogP contribution in [0.5, 0.6) is 0 Å². The third kappa shape index (κ3) is 2.79. The van der Waals surface area contributed by atoms with E-state index < -0.39 is 0 Å². The first kappa shape index (κ1) is 12.6. The van der Waals surface area contributed by atoms with Gasteiger partial charge in [0, 0.05) is 35.4 Å². The van der Waals surface area contributed by atoms with Crippen molar-refractivity contribution in [2.45, 2.75) is 12.8 Å². The summed E-state index contributed by atoms with van der Waals surface area (Å²) in [6, 6.07) is 5.56. The van der Waals surface area contributed by atoms with E-state index in [1.54, 1.807) is 0 Å². The van der Waals surface area contributed by atoms with Crippen molar-refractivity contribution < 1.29 is 9.26 Å². The maximum absolute atomic E-state index is 5.75. The van der Waals surface area contributed by atoms with Crippen LogP contribution >= 0.6 is 15.9 Å². The van der Waals surface area contributed by atoms with Gasteiger partial charge in [0.15, 0.2) is 5.82 Å². The molecule has 19 heavy (non-hydrogen) atoms. The van der Waals surface area contributed by atoms with Gasteiger partial charge in [0.2, 0.25) is 0 Å². The van der Waals surface area contributed by atoms with Crippen LogP contribution < -0.4 is 5.73 Å². The summed E-state index contributed by atoms with van der Waals surface area (Å²) in [5, 5.41) is 4.02. The fraction of sp³-hybridized carbons (Fsp3) is 0.385. The number of benzene rings is 1. The minimum atomic E-state index is 0.503. The quantitative estimate of drug-likeness (QED) is 0.879. The van der Waals surface area contributed by atoms with Gasteiger partial charge in [0.25, 0.3) is 5.89 Å². The summed E-state index contributed by atoms with van der Waals surface area (Å²) in [5.74, 6) is 1.76. The van der Waals surface area contributed by atoms with Crippen LogP contribution in [0.3, 0.4) is 0 Å². The summed E-state index contributed by atoms with van der Waals surface area (Å²) in [6.45, 7) is 1.62. The molecule has 0 aliphatic carbocycles. The first-order chi connectivity index (χ1) is 9.22. The van der Waals surface area contributed by atoms with Gasteiger partial charge < -0.3 is 15.0 Å². The predicted molar refractivity (Wildman–Crippen MR) is 74.5 cm³/mol. The van der Waals surface area contributed by atoms with E-state index in [-0.39, 0.29) is 0 Å². The monoisotopic (exact) mass is 323 g/mol. The topological polar surface area (TPSA) is 74.2 Å². The van der Waals surface area contributed by atoms with E-state index in [2.05, 4.69) is 26.1 Å². The first-order valence-corrected chi connectivity index (χ1v) is 6.97. The molecule has 0 radical (unpaired) electrons. The predicted octanol–water partition coefficient (Wildman–Crippen LogP) is 2.66. The molecule has 5 nitrogen and oxygen atoms in total. The van der Waals surface area contributed by atoms with Crippen LogP contribution in [0.1, 0.15) is 12.2 Å². The van der Waals surface area contributed by atoms with Crippen molar-refractivity contribution in [3.63, 3.8) is 0 Å².